The Hall–Kier alpha value is -1.08. The smallest absolute Gasteiger partial charge is 0.245 e. The molecule has 0 saturated heterocycles. The number of benzene rings is 1. The summed E-state index contributed by atoms with van der Waals surface area (Å²) >= 11 is 5.21. The lowest BCUT2D eigenvalue weighted by Gasteiger charge is -1.97. The molecule has 0 aliphatic carbocycles. The monoisotopic (exact) mass is 180 g/mol. The number of carbonyl (C=O) groups is 1. The molecule has 0 radical (unpaired) electrons. The van der Waals surface area contributed by atoms with Gasteiger partial charge < -0.3 is 0 Å². The zero-order valence-corrected chi connectivity index (χ0v) is 7.51. The highest BCUT2D eigenvalue weighted by molar-refractivity contribution is 6.66. The predicted molar refractivity (Wildman–Crippen MR) is 51.0 cm³/mol. The molecule has 0 N–H and O–H groups in total. The molecule has 0 spiro atoms. The highest BCUT2D eigenvalue weighted by Crippen LogP contribution is 2.12. The maximum atomic E-state index is 10.5. The number of rotatable bonds is 2. The summed E-state index contributed by atoms with van der Waals surface area (Å²) in [4.78, 5) is 10.5. The van der Waals surface area contributed by atoms with Gasteiger partial charge in [-0.2, -0.15) is 0 Å². The molecular weight excluding hydrogens is 172 g/mol. The molecule has 0 fully saturated rings. The van der Waals surface area contributed by atoms with Crippen molar-refractivity contribution in [3.05, 3.63) is 42.0 Å². The molecule has 0 amide bonds. The summed E-state index contributed by atoms with van der Waals surface area (Å²) < 4.78 is 0. The van der Waals surface area contributed by atoms with E-state index in [1.165, 1.54) is 6.08 Å². The Balaban J connectivity index is 2.93. The molecule has 0 aliphatic rings. The van der Waals surface area contributed by atoms with Crippen molar-refractivity contribution in [3.63, 3.8) is 0 Å². The van der Waals surface area contributed by atoms with Crippen molar-refractivity contribution in [1.29, 1.82) is 0 Å². The Morgan fingerprint density at radius 2 is 1.92 bits per heavy atom. The Bertz CT molecular complexity index is 301. The van der Waals surface area contributed by atoms with E-state index in [-0.39, 0.29) is 0 Å². The molecular formula is C10H9ClO. The van der Waals surface area contributed by atoms with Gasteiger partial charge in [0.2, 0.25) is 5.24 Å². The van der Waals surface area contributed by atoms with E-state index in [1.807, 2.05) is 37.3 Å². The molecule has 1 aromatic rings. The van der Waals surface area contributed by atoms with Crippen LogP contribution in [0, 0.1) is 0 Å². The number of hydrogen-bond acceptors (Lipinski definition) is 1. The number of halogens is 1. The van der Waals surface area contributed by atoms with E-state index in [2.05, 4.69) is 0 Å². The van der Waals surface area contributed by atoms with E-state index in [0.29, 0.717) is 0 Å². The molecule has 1 rings (SSSR count). The SMILES string of the molecule is C/C(=C\C(=O)Cl)c1ccccc1. The first-order valence-corrected chi connectivity index (χ1v) is 4.01. The van der Waals surface area contributed by atoms with Crippen molar-refractivity contribution in [2.24, 2.45) is 0 Å². The van der Waals surface area contributed by atoms with Gasteiger partial charge in [-0.3, -0.25) is 4.79 Å². The summed E-state index contributed by atoms with van der Waals surface area (Å²) in [6, 6.07) is 9.65. The van der Waals surface area contributed by atoms with Crippen LogP contribution in [0.15, 0.2) is 36.4 Å². The zero-order chi connectivity index (χ0) is 8.97. The van der Waals surface area contributed by atoms with Crippen LogP contribution >= 0.6 is 11.6 Å². The lowest BCUT2D eigenvalue weighted by Crippen LogP contribution is -1.82. The maximum Gasteiger partial charge on any atom is 0.245 e. The molecule has 0 saturated carbocycles. The molecule has 0 unspecified atom stereocenters. The van der Waals surface area contributed by atoms with Crippen LogP contribution in [0.25, 0.3) is 5.57 Å². The summed E-state index contributed by atoms with van der Waals surface area (Å²) in [5.41, 5.74) is 1.90. The van der Waals surface area contributed by atoms with Crippen LogP contribution in [-0.4, -0.2) is 5.24 Å². The fraction of sp³-hybridized carbons (Fsp3) is 0.100. The van der Waals surface area contributed by atoms with Crippen molar-refractivity contribution < 1.29 is 4.79 Å². The molecule has 1 nitrogen and oxygen atoms in total. The van der Waals surface area contributed by atoms with E-state index in [0.717, 1.165) is 11.1 Å². The molecule has 0 atom stereocenters. The maximum absolute atomic E-state index is 10.5. The van der Waals surface area contributed by atoms with Crippen molar-refractivity contribution in [2.45, 2.75) is 6.92 Å². The quantitative estimate of drug-likeness (QED) is 0.505. The van der Waals surface area contributed by atoms with Gasteiger partial charge in [-0.05, 0) is 29.7 Å². The van der Waals surface area contributed by atoms with Crippen LogP contribution in [-0.2, 0) is 4.79 Å². The minimum Gasteiger partial charge on any atom is -0.276 e. The number of hydrogen-bond donors (Lipinski definition) is 0. The minimum absolute atomic E-state index is 0.434. The second kappa shape index (κ2) is 4.07. The summed E-state index contributed by atoms with van der Waals surface area (Å²) in [5, 5.41) is -0.434. The summed E-state index contributed by atoms with van der Waals surface area (Å²) in [6.45, 7) is 1.86. The van der Waals surface area contributed by atoms with E-state index in [4.69, 9.17) is 11.6 Å². The average molecular weight is 181 g/mol. The number of carbonyl (C=O) groups excluding carboxylic acids is 1. The molecule has 0 aliphatic heterocycles. The Morgan fingerprint density at radius 1 is 1.33 bits per heavy atom. The first-order chi connectivity index (χ1) is 5.70. The Kier molecular flexibility index (Phi) is 3.06. The molecule has 0 aromatic heterocycles. The molecule has 1 aromatic carbocycles. The lowest BCUT2D eigenvalue weighted by atomic mass is 10.1. The average Bonchev–Trinajstić information content (AvgIpc) is 2.05. The summed E-state index contributed by atoms with van der Waals surface area (Å²) in [7, 11) is 0. The van der Waals surface area contributed by atoms with Gasteiger partial charge in [0.25, 0.3) is 0 Å². The van der Waals surface area contributed by atoms with E-state index in [1.54, 1.807) is 0 Å². The minimum atomic E-state index is -0.434. The third kappa shape index (κ3) is 2.51. The third-order valence-electron chi connectivity index (χ3n) is 1.56. The van der Waals surface area contributed by atoms with E-state index in [9.17, 15) is 4.79 Å². The second-order valence-corrected chi connectivity index (χ2v) is 2.87. The van der Waals surface area contributed by atoms with Gasteiger partial charge in [-0.1, -0.05) is 30.3 Å². The van der Waals surface area contributed by atoms with Crippen molar-refractivity contribution in [2.75, 3.05) is 0 Å². The fourth-order valence-corrected chi connectivity index (χ4v) is 1.12. The predicted octanol–water partition coefficient (Wildman–Crippen LogP) is 2.86. The second-order valence-electron chi connectivity index (χ2n) is 2.50. The van der Waals surface area contributed by atoms with E-state index < -0.39 is 5.24 Å². The van der Waals surface area contributed by atoms with Crippen molar-refractivity contribution in [3.8, 4) is 0 Å². The van der Waals surface area contributed by atoms with Gasteiger partial charge in [-0.25, -0.2) is 0 Å². The standard InChI is InChI=1S/C10H9ClO/c1-8(7-10(11)12)9-5-3-2-4-6-9/h2-7H,1H3/b8-7+. The van der Waals surface area contributed by atoms with Gasteiger partial charge in [0.05, 0.1) is 0 Å². The first kappa shape index (κ1) is 9.01. The normalized spacial score (nSPS) is 11.3. The topological polar surface area (TPSA) is 17.1 Å². The van der Waals surface area contributed by atoms with Gasteiger partial charge >= 0.3 is 0 Å². The van der Waals surface area contributed by atoms with Crippen molar-refractivity contribution in [1.82, 2.24) is 0 Å². The fourth-order valence-electron chi connectivity index (χ4n) is 0.955. The lowest BCUT2D eigenvalue weighted by molar-refractivity contribution is -0.107. The van der Waals surface area contributed by atoms with Gasteiger partial charge in [0, 0.05) is 6.08 Å². The first-order valence-electron chi connectivity index (χ1n) is 3.63. The molecule has 0 bridgehead atoms. The summed E-state index contributed by atoms with van der Waals surface area (Å²) in [6.07, 6.45) is 1.41. The van der Waals surface area contributed by atoms with Gasteiger partial charge in [-0.15, -0.1) is 0 Å². The largest absolute Gasteiger partial charge is 0.276 e. The van der Waals surface area contributed by atoms with E-state index >= 15 is 0 Å². The van der Waals surface area contributed by atoms with Crippen molar-refractivity contribution >= 4 is 22.4 Å². The molecule has 0 heterocycles. The van der Waals surface area contributed by atoms with Crippen LogP contribution in [0.4, 0.5) is 0 Å². The zero-order valence-electron chi connectivity index (χ0n) is 6.75. The molecule has 62 valence electrons. The van der Waals surface area contributed by atoms with Gasteiger partial charge in [0.15, 0.2) is 0 Å². The van der Waals surface area contributed by atoms with Crippen LogP contribution in [0.5, 0.6) is 0 Å². The van der Waals surface area contributed by atoms with Crippen LogP contribution in [0.3, 0.4) is 0 Å². The van der Waals surface area contributed by atoms with Crippen LogP contribution in [0.1, 0.15) is 12.5 Å². The number of allylic oxidation sites excluding steroid dienone is 2. The highest BCUT2D eigenvalue weighted by Gasteiger charge is 1.95. The third-order valence-corrected chi connectivity index (χ3v) is 1.67. The van der Waals surface area contributed by atoms with Crippen LogP contribution in [0.2, 0.25) is 0 Å². The summed E-state index contributed by atoms with van der Waals surface area (Å²) in [5.74, 6) is 0. The van der Waals surface area contributed by atoms with Gasteiger partial charge in [0.1, 0.15) is 0 Å². The Labute approximate surface area is 76.7 Å². The molecule has 2 heteroatoms. The Morgan fingerprint density at radius 3 is 2.42 bits per heavy atom. The highest BCUT2D eigenvalue weighted by atomic mass is 35.5. The van der Waals surface area contributed by atoms with Crippen LogP contribution < -0.4 is 0 Å². The molecule has 12 heavy (non-hydrogen) atoms.